The zero-order chi connectivity index (χ0) is 23.1. The molecule has 1 unspecified atom stereocenters. The van der Waals surface area contributed by atoms with Crippen molar-refractivity contribution in [3.05, 3.63) is 64.1 Å². The Morgan fingerprint density at radius 2 is 1.97 bits per heavy atom. The van der Waals surface area contributed by atoms with Gasteiger partial charge in [-0.05, 0) is 73.7 Å². The van der Waals surface area contributed by atoms with Crippen molar-refractivity contribution in [3.8, 4) is 16.3 Å². The first-order valence-corrected chi connectivity index (χ1v) is 12.2. The zero-order valence-corrected chi connectivity index (χ0v) is 19.9. The molecule has 5 nitrogen and oxygen atoms in total. The second-order valence-electron chi connectivity index (χ2n) is 9.12. The number of hydrogen-bond acceptors (Lipinski definition) is 5. The zero-order valence-electron chi connectivity index (χ0n) is 19.1. The molecule has 6 heteroatoms. The number of carbonyl (C=O) groups is 1. The van der Waals surface area contributed by atoms with E-state index in [0.29, 0.717) is 28.3 Å². The van der Waals surface area contributed by atoms with Crippen LogP contribution in [0.3, 0.4) is 0 Å². The first kappa shape index (κ1) is 21.7. The van der Waals surface area contributed by atoms with E-state index in [1.54, 1.807) is 17.4 Å². The molecule has 2 heterocycles. The molecular weight excluding hydrogens is 432 g/mol. The molecule has 1 aliphatic carbocycles. The number of nitrogens with zero attached hydrogens (tertiary/aromatic N) is 2. The third-order valence-electron chi connectivity index (χ3n) is 6.70. The average molecular weight is 459 g/mol. The molecule has 0 N–H and O–H groups in total. The number of aromatic nitrogens is 1. The molecule has 33 heavy (non-hydrogen) atoms. The summed E-state index contributed by atoms with van der Waals surface area (Å²) < 4.78 is 7.57. The number of benzene rings is 2. The number of nitroso groups, excluding NO2 is 1. The SMILES string of the molecule is Cc1c(-c2cc(C(=O)N=O)c3c(OC4CCC[C@H](C)C4)ccc(C)c3n2)sc2ccccc12. The normalized spacial score (nSPS) is 18.5. The predicted octanol–water partition coefficient (Wildman–Crippen LogP) is 7.60. The summed E-state index contributed by atoms with van der Waals surface area (Å²) in [6.07, 6.45) is 4.41. The van der Waals surface area contributed by atoms with E-state index in [1.165, 1.54) is 11.8 Å². The lowest BCUT2D eigenvalue weighted by molar-refractivity contribution is 0.100. The van der Waals surface area contributed by atoms with Crippen LogP contribution in [0, 0.1) is 24.7 Å². The van der Waals surface area contributed by atoms with E-state index >= 15 is 0 Å². The molecule has 2 aromatic heterocycles. The maximum atomic E-state index is 12.7. The summed E-state index contributed by atoms with van der Waals surface area (Å²) in [6, 6.07) is 13.8. The van der Waals surface area contributed by atoms with Crippen LogP contribution in [0.5, 0.6) is 5.75 Å². The van der Waals surface area contributed by atoms with E-state index in [1.807, 2.05) is 31.2 Å². The van der Waals surface area contributed by atoms with E-state index in [4.69, 9.17) is 9.72 Å². The Hall–Kier alpha value is -3.12. The Bertz CT molecular complexity index is 1390. The second kappa shape index (κ2) is 8.67. The fourth-order valence-corrected chi connectivity index (χ4v) is 6.13. The van der Waals surface area contributed by atoms with Gasteiger partial charge >= 0.3 is 5.91 Å². The molecule has 0 aliphatic heterocycles. The monoisotopic (exact) mass is 458 g/mol. The van der Waals surface area contributed by atoms with Crippen molar-refractivity contribution in [1.82, 2.24) is 4.98 Å². The summed E-state index contributed by atoms with van der Waals surface area (Å²) in [4.78, 5) is 30.1. The van der Waals surface area contributed by atoms with E-state index in [-0.39, 0.29) is 11.7 Å². The van der Waals surface area contributed by atoms with Gasteiger partial charge in [-0.2, -0.15) is 0 Å². The minimum absolute atomic E-state index is 0.0938. The maximum Gasteiger partial charge on any atom is 0.317 e. The van der Waals surface area contributed by atoms with Gasteiger partial charge in [0.25, 0.3) is 0 Å². The van der Waals surface area contributed by atoms with Gasteiger partial charge in [-0.1, -0.05) is 37.6 Å². The first-order valence-electron chi connectivity index (χ1n) is 11.4. The molecule has 4 aromatic rings. The van der Waals surface area contributed by atoms with Crippen LogP contribution in [0.1, 0.15) is 54.1 Å². The molecule has 0 bridgehead atoms. The number of aryl methyl sites for hydroxylation is 2. The lowest BCUT2D eigenvalue weighted by atomic mass is 9.88. The average Bonchev–Trinajstić information content (AvgIpc) is 3.16. The van der Waals surface area contributed by atoms with E-state index < -0.39 is 5.91 Å². The third-order valence-corrected chi connectivity index (χ3v) is 7.99. The molecule has 2 aromatic carbocycles. The number of thiophene rings is 1. The van der Waals surface area contributed by atoms with Gasteiger partial charge in [0, 0.05) is 9.88 Å². The summed E-state index contributed by atoms with van der Waals surface area (Å²) in [7, 11) is 0. The summed E-state index contributed by atoms with van der Waals surface area (Å²) in [5.74, 6) is 0.419. The summed E-state index contributed by atoms with van der Waals surface area (Å²) in [5, 5.41) is 4.52. The molecule has 5 rings (SSSR count). The van der Waals surface area contributed by atoms with E-state index in [2.05, 4.69) is 31.2 Å². The number of amides is 1. The summed E-state index contributed by atoms with van der Waals surface area (Å²) in [5.41, 5.74) is 3.65. The lowest BCUT2D eigenvalue weighted by Gasteiger charge is -2.28. The van der Waals surface area contributed by atoms with Crippen molar-refractivity contribution < 1.29 is 9.53 Å². The Morgan fingerprint density at radius 3 is 2.73 bits per heavy atom. The maximum absolute atomic E-state index is 12.7. The molecule has 1 aliphatic rings. The van der Waals surface area contributed by atoms with Gasteiger partial charge in [0.05, 0.1) is 33.1 Å². The Morgan fingerprint density at radius 1 is 1.15 bits per heavy atom. The van der Waals surface area contributed by atoms with Crippen LogP contribution in [0.25, 0.3) is 31.6 Å². The van der Waals surface area contributed by atoms with Crippen molar-refractivity contribution >= 4 is 38.2 Å². The third kappa shape index (κ3) is 3.93. The largest absolute Gasteiger partial charge is 0.490 e. The first-order chi connectivity index (χ1) is 16.0. The van der Waals surface area contributed by atoms with Gasteiger partial charge in [0.2, 0.25) is 0 Å². The number of pyridine rings is 1. The highest BCUT2D eigenvalue weighted by atomic mass is 32.1. The fraction of sp³-hybridized carbons (Fsp3) is 0.333. The molecular formula is C27H26N2O3S. The lowest BCUT2D eigenvalue weighted by Crippen LogP contribution is -2.24. The van der Waals surface area contributed by atoms with Crippen LogP contribution in [0.4, 0.5) is 0 Å². The highest BCUT2D eigenvalue weighted by molar-refractivity contribution is 7.22. The van der Waals surface area contributed by atoms with Crippen LogP contribution in [-0.2, 0) is 0 Å². The predicted molar refractivity (Wildman–Crippen MR) is 134 cm³/mol. The van der Waals surface area contributed by atoms with Gasteiger partial charge in [0.1, 0.15) is 5.75 Å². The molecule has 1 amide bonds. The van der Waals surface area contributed by atoms with E-state index in [9.17, 15) is 9.70 Å². The molecule has 1 fully saturated rings. The van der Waals surface area contributed by atoms with Crippen molar-refractivity contribution in [3.63, 3.8) is 0 Å². The molecule has 2 atom stereocenters. The van der Waals surface area contributed by atoms with Crippen molar-refractivity contribution in [1.29, 1.82) is 0 Å². The molecule has 0 saturated heterocycles. The van der Waals surface area contributed by atoms with Crippen LogP contribution in [0.15, 0.2) is 47.6 Å². The second-order valence-corrected chi connectivity index (χ2v) is 10.2. The van der Waals surface area contributed by atoms with Crippen LogP contribution in [0.2, 0.25) is 0 Å². The minimum atomic E-state index is -0.796. The topological polar surface area (TPSA) is 68.6 Å². The van der Waals surface area contributed by atoms with Crippen molar-refractivity contribution in [2.24, 2.45) is 11.1 Å². The fourth-order valence-electron chi connectivity index (χ4n) is 4.96. The van der Waals surface area contributed by atoms with Crippen LogP contribution in [-0.4, -0.2) is 17.0 Å². The summed E-state index contributed by atoms with van der Waals surface area (Å²) in [6.45, 7) is 6.28. The van der Waals surface area contributed by atoms with Gasteiger partial charge in [-0.15, -0.1) is 16.2 Å². The summed E-state index contributed by atoms with van der Waals surface area (Å²) >= 11 is 1.64. The standard InChI is InChI=1S/C27H26N2O3S/c1-15-7-6-8-18(13-15)32-22-12-11-16(2)25-24(22)20(27(30)29-31)14-21(28-25)26-17(3)19-9-4-5-10-23(19)33-26/h4-5,9-12,14-15,18H,6-8,13H2,1-3H3/t15-,18?/m0/s1. The van der Waals surface area contributed by atoms with E-state index in [0.717, 1.165) is 40.0 Å². The smallest absolute Gasteiger partial charge is 0.317 e. The van der Waals surface area contributed by atoms with Crippen molar-refractivity contribution in [2.75, 3.05) is 0 Å². The highest BCUT2D eigenvalue weighted by Gasteiger charge is 2.25. The Balaban J connectivity index is 1.71. The Labute approximate surface area is 196 Å². The number of carbonyl (C=O) groups excluding carboxylic acids is 1. The van der Waals surface area contributed by atoms with Gasteiger partial charge in [0.15, 0.2) is 0 Å². The van der Waals surface area contributed by atoms with Gasteiger partial charge < -0.3 is 4.74 Å². The molecule has 0 spiro atoms. The van der Waals surface area contributed by atoms with Crippen LogP contribution >= 0.6 is 11.3 Å². The number of hydrogen-bond donors (Lipinski definition) is 0. The van der Waals surface area contributed by atoms with Crippen molar-refractivity contribution in [2.45, 2.75) is 52.6 Å². The van der Waals surface area contributed by atoms with Crippen LogP contribution < -0.4 is 4.74 Å². The quantitative estimate of drug-likeness (QED) is 0.295. The highest BCUT2D eigenvalue weighted by Crippen LogP contribution is 2.41. The number of fused-ring (bicyclic) bond motifs is 2. The molecule has 0 radical (unpaired) electrons. The van der Waals surface area contributed by atoms with Gasteiger partial charge in [-0.25, -0.2) is 4.98 Å². The number of rotatable bonds is 4. The minimum Gasteiger partial charge on any atom is -0.490 e. The molecule has 168 valence electrons. The Kier molecular flexibility index (Phi) is 5.71. The van der Waals surface area contributed by atoms with Gasteiger partial charge in [-0.3, -0.25) is 4.79 Å². The molecule has 1 saturated carbocycles. The number of ether oxygens (including phenoxy) is 1.